The molecule has 5 aliphatic rings. The minimum Gasteiger partial charge on any atom is -0.352 e. The van der Waals surface area contributed by atoms with E-state index in [1.807, 2.05) is 0 Å². The number of carbonyl (C=O) groups is 2. The highest BCUT2D eigenvalue weighted by Gasteiger charge is 2.53. The van der Waals surface area contributed by atoms with Crippen molar-refractivity contribution in [3.8, 4) is 0 Å². The maximum atomic E-state index is 12.7. The fourth-order valence-electron chi connectivity index (χ4n) is 6.67. The summed E-state index contributed by atoms with van der Waals surface area (Å²) in [5.41, 5.74) is 0.283. The largest absolute Gasteiger partial charge is 0.352 e. The second-order valence-corrected chi connectivity index (χ2v) is 11.2. The first kappa shape index (κ1) is 18.2. The average molecular weight is 403 g/mol. The van der Waals surface area contributed by atoms with Gasteiger partial charge in [-0.2, -0.15) is 0 Å². The van der Waals surface area contributed by atoms with Gasteiger partial charge in [0.15, 0.2) is 0 Å². The van der Waals surface area contributed by atoms with Crippen LogP contribution in [0.15, 0.2) is 29.2 Å². The van der Waals surface area contributed by atoms with Crippen LogP contribution in [0.5, 0.6) is 0 Å². The first-order valence-electron chi connectivity index (χ1n) is 10.2. The lowest BCUT2D eigenvalue weighted by molar-refractivity contribution is -0.125. The Bertz CT molecular complexity index is 920. The highest BCUT2D eigenvalue weighted by atomic mass is 32.2. The van der Waals surface area contributed by atoms with Crippen LogP contribution in [-0.2, 0) is 14.8 Å². The van der Waals surface area contributed by atoms with Gasteiger partial charge >= 0.3 is 0 Å². The average Bonchev–Trinajstić information content (AvgIpc) is 2.82. The molecule has 6 nitrogen and oxygen atoms in total. The van der Waals surface area contributed by atoms with Crippen LogP contribution in [0.4, 0.5) is 0 Å². The lowest BCUT2D eigenvalue weighted by atomic mass is 9.48. The van der Waals surface area contributed by atoms with Crippen molar-refractivity contribution >= 4 is 21.8 Å². The van der Waals surface area contributed by atoms with E-state index in [0.717, 1.165) is 37.0 Å². The van der Waals surface area contributed by atoms with Crippen molar-refractivity contribution in [2.75, 3.05) is 6.54 Å². The number of fused-ring (bicyclic) bond motifs is 1. The summed E-state index contributed by atoms with van der Waals surface area (Å²) >= 11 is 0. The molecule has 6 rings (SSSR count). The molecular formula is C21H26N2O4S. The molecule has 1 aliphatic heterocycles. The van der Waals surface area contributed by atoms with Gasteiger partial charge in [0.25, 0.3) is 15.9 Å². The van der Waals surface area contributed by atoms with Crippen molar-refractivity contribution in [1.29, 1.82) is 0 Å². The summed E-state index contributed by atoms with van der Waals surface area (Å²) in [6.07, 6.45) is 7.47. The van der Waals surface area contributed by atoms with E-state index in [1.54, 1.807) is 12.1 Å². The van der Waals surface area contributed by atoms with E-state index in [4.69, 9.17) is 0 Å². The van der Waals surface area contributed by atoms with Crippen LogP contribution in [0.25, 0.3) is 0 Å². The first-order valence-corrected chi connectivity index (χ1v) is 11.7. The Labute approximate surface area is 165 Å². The highest BCUT2D eigenvalue weighted by molar-refractivity contribution is 7.90. The van der Waals surface area contributed by atoms with Crippen molar-refractivity contribution in [2.24, 2.45) is 23.2 Å². The number of amides is 2. The molecule has 0 saturated heterocycles. The lowest BCUT2D eigenvalue weighted by Gasteiger charge is -2.59. The Morgan fingerprint density at radius 3 is 2.29 bits per heavy atom. The van der Waals surface area contributed by atoms with Crippen LogP contribution in [0.2, 0.25) is 0 Å². The van der Waals surface area contributed by atoms with Crippen molar-refractivity contribution < 1.29 is 18.0 Å². The smallest absolute Gasteiger partial charge is 0.269 e. The molecule has 7 heteroatoms. The third-order valence-electron chi connectivity index (χ3n) is 7.58. The van der Waals surface area contributed by atoms with Gasteiger partial charge in [-0.05, 0) is 80.8 Å². The molecule has 1 N–H and O–H groups in total. The zero-order valence-electron chi connectivity index (χ0n) is 16.1. The van der Waals surface area contributed by atoms with E-state index in [2.05, 4.69) is 12.2 Å². The zero-order chi connectivity index (χ0) is 19.7. The molecule has 1 atom stereocenters. The number of nitrogens with one attached hydrogen (secondary N) is 1. The molecule has 1 heterocycles. The van der Waals surface area contributed by atoms with Crippen LogP contribution in [0.3, 0.4) is 0 Å². The SMILES string of the molecule is CC(NC(=O)CN1C(=O)c2ccccc2S1(=O)=O)C12CC3CC(CC(C3)C1)C2. The van der Waals surface area contributed by atoms with E-state index in [-0.39, 0.29) is 21.9 Å². The number of nitrogens with zero attached hydrogens (tertiary/aromatic N) is 1. The Morgan fingerprint density at radius 2 is 1.71 bits per heavy atom. The number of rotatable bonds is 4. The van der Waals surface area contributed by atoms with Crippen LogP contribution < -0.4 is 5.32 Å². The van der Waals surface area contributed by atoms with Gasteiger partial charge in [-0.3, -0.25) is 9.59 Å². The standard InChI is InChI=1S/C21H26N2O4S/c1-13(21-9-14-6-15(10-21)8-16(7-14)11-21)22-19(24)12-23-20(25)17-4-2-3-5-18(17)28(23,26)27/h2-5,13-16H,6-12H2,1H3,(H,22,24). The summed E-state index contributed by atoms with van der Waals surface area (Å²) in [5, 5.41) is 3.05. The number of carbonyl (C=O) groups excluding carboxylic acids is 2. The second kappa shape index (κ2) is 6.05. The van der Waals surface area contributed by atoms with Crippen molar-refractivity contribution in [3.05, 3.63) is 29.8 Å². The molecule has 4 saturated carbocycles. The molecule has 150 valence electrons. The van der Waals surface area contributed by atoms with Crippen LogP contribution in [-0.4, -0.2) is 37.1 Å². The molecule has 1 unspecified atom stereocenters. The fraction of sp³-hybridized carbons (Fsp3) is 0.619. The molecule has 0 aromatic heterocycles. The third-order valence-corrected chi connectivity index (χ3v) is 9.37. The Kier molecular flexibility index (Phi) is 3.92. The molecule has 1 aromatic rings. The van der Waals surface area contributed by atoms with E-state index in [9.17, 15) is 18.0 Å². The Morgan fingerprint density at radius 1 is 1.14 bits per heavy atom. The second-order valence-electron chi connectivity index (χ2n) is 9.38. The molecule has 0 radical (unpaired) electrons. The fourth-order valence-corrected chi connectivity index (χ4v) is 8.19. The summed E-state index contributed by atoms with van der Waals surface area (Å²) in [4.78, 5) is 25.2. The highest BCUT2D eigenvalue weighted by Crippen LogP contribution is 2.61. The van der Waals surface area contributed by atoms with Crippen molar-refractivity contribution in [3.63, 3.8) is 0 Å². The van der Waals surface area contributed by atoms with E-state index in [1.165, 1.54) is 31.4 Å². The van der Waals surface area contributed by atoms with Gasteiger partial charge in [-0.25, -0.2) is 12.7 Å². The minimum absolute atomic E-state index is 0.00353. The van der Waals surface area contributed by atoms with Gasteiger partial charge in [-0.15, -0.1) is 0 Å². The van der Waals surface area contributed by atoms with Crippen LogP contribution in [0.1, 0.15) is 55.8 Å². The summed E-state index contributed by atoms with van der Waals surface area (Å²) < 4.78 is 26.0. The topological polar surface area (TPSA) is 83.6 Å². The monoisotopic (exact) mass is 402 g/mol. The molecule has 4 aliphatic carbocycles. The van der Waals surface area contributed by atoms with Gasteiger partial charge in [-0.1, -0.05) is 12.1 Å². The van der Waals surface area contributed by atoms with E-state index < -0.39 is 28.4 Å². The summed E-state index contributed by atoms with van der Waals surface area (Å²) in [6.45, 7) is 1.60. The summed E-state index contributed by atoms with van der Waals surface area (Å²) in [6, 6.07) is 6.12. The summed E-state index contributed by atoms with van der Waals surface area (Å²) in [7, 11) is -3.95. The van der Waals surface area contributed by atoms with Crippen molar-refractivity contribution in [1.82, 2.24) is 9.62 Å². The normalized spacial score (nSPS) is 35.7. The molecule has 0 spiro atoms. The van der Waals surface area contributed by atoms with Gasteiger partial charge in [0.2, 0.25) is 5.91 Å². The summed E-state index contributed by atoms with van der Waals surface area (Å²) in [5.74, 6) is 1.32. The minimum atomic E-state index is -3.95. The Balaban J connectivity index is 1.30. The third kappa shape index (κ3) is 2.62. The predicted octanol–water partition coefficient (Wildman–Crippen LogP) is 2.55. The van der Waals surface area contributed by atoms with Gasteiger partial charge in [0, 0.05) is 6.04 Å². The van der Waals surface area contributed by atoms with Crippen molar-refractivity contribution in [2.45, 2.75) is 56.4 Å². The first-order chi connectivity index (χ1) is 13.3. The van der Waals surface area contributed by atoms with Gasteiger partial charge in [0.05, 0.1) is 5.56 Å². The molecule has 28 heavy (non-hydrogen) atoms. The van der Waals surface area contributed by atoms with Gasteiger partial charge in [0.1, 0.15) is 11.4 Å². The van der Waals surface area contributed by atoms with Crippen LogP contribution >= 0.6 is 0 Å². The number of hydrogen-bond donors (Lipinski definition) is 1. The number of sulfonamides is 1. The lowest BCUT2D eigenvalue weighted by Crippen LogP contribution is -2.56. The van der Waals surface area contributed by atoms with Gasteiger partial charge < -0.3 is 5.32 Å². The molecule has 1 aromatic carbocycles. The van der Waals surface area contributed by atoms with E-state index >= 15 is 0 Å². The van der Waals surface area contributed by atoms with E-state index in [0.29, 0.717) is 4.31 Å². The predicted molar refractivity (Wildman–Crippen MR) is 103 cm³/mol. The molecule has 4 fully saturated rings. The molecule has 4 bridgehead atoms. The zero-order valence-corrected chi connectivity index (χ0v) is 16.9. The molecular weight excluding hydrogens is 376 g/mol. The number of benzene rings is 1. The maximum Gasteiger partial charge on any atom is 0.269 e. The molecule has 2 amide bonds. The Hall–Kier alpha value is -1.89. The number of hydrogen-bond acceptors (Lipinski definition) is 4. The quantitative estimate of drug-likeness (QED) is 0.839. The van der Waals surface area contributed by atoms with Crippen LogP contribution in [0, 0.1) is 23.2 Å². The maximum absolute atomic E-state index is 12.7.